The molecule has 0 bridgehead atoms. The maximum Gasteiger partial charge on any atom is 0.435 e. The number of aryl methyl sites for hydroxylation is 1. The Morgan fingerprint density at radius 2 is 1.90 bits per heavy atom. The van der Waals surface area contributed by atoms with Gasteiger partial charge in [-0.05, 0) is 36.8 Å². The second-order valence-electron chi connectivity index (χ2n) is 4.14. The van der Waals surface area contributed by atoms with E-state index in [2.05, 4.69) is 10.2 Å². The zero-order valence-electron chi connectivity index (χ0n) is 10.7. The summed E-state index contributed by atoms with van der Waals surface area (Å²) in [6.45, 7) is 1.58. The van der Waals surface area contributed by atoms with Crippen molar-refractivity contribution in [2.75, 3.05) is 0 Å². The molecule has 8 heteroatoms. The summed E-state index contributed by atoms with van der Waals surface area (Å²) >= 11 is 0. The van der Waals surface area contributed by atoms with E-state index >= 15 is 0 Å². The van der Waals surface area contributed by atoms with Crippen molar-refractivity contribution < 1.29 is 27.8 Å². The molecule has 1 N–H and O–H groups in total. The molecule has 0 radical (unpaired) electrons. The van der Waals surface area contributed by atoms with Crippen molar-refractivity contribution in [2.24, 2.45) is 0 Å². The Balaban J connectivity index is 2.19. The molecule has 0 atom stereocenters. The highest BCUT2D eigenvalue weighted by Gasteiger charge is 2.32. The minimum atomic E-state index is -4.56. The molecule has 0 aliphatic heterocycles. The average Bonchev–Trinajstić information content (AvgIpc) is 2.38. The molecule has 1 aromatic carbocycles. The first kappa shape index (κ1) is 14.8. The van der Waals surface area contributed by atoms with Crippen LogP contribution in [0.4, 0.5) is 13.2 Å². The second kappa shape index (κ2) is 5.39. The van der Waals surface area contributed by atoms with Crippen LogP contribution in [0, 0.1) is 6.92 Å². The van der Waals surface area contributed by atoms with Gasteiger partial charge < -0.3 is 9.84 Å². The molecule has 0 amide bonds. The van der Waals surface area contributed by atoms with E-state index in [1.54, 1.807) is 6.92 Å². The Labute approximate surface area is 117 Å². The van der Waals surface area contributed by atoms with Crippen LogP contribution in [0.15, 0.2) is 30.3 Å². The van der Waals surface area contributed by atoms with Crippen LogP contribution in [0.1, 0.15) is 21.6 Å². The fourth-order valence-corrected chi connectivity index (χ4v) is 1.59. The smallest absolute Gasteiger partial charge is 0.435 e. The number of benzene rings is 1. The third-order valence-corrected chi connectivity index (χ3v) is 2.58. The van der Waals surface area contributed by atoms with Crippen molar-refractivity contribution in [1.29, 1.82) is 0 Å². The van der Waals surface area contributed by atoms with Gasteiger partial charge in [0.2, 0.25) is 5.88 Å². The topological polar surface area (TPSA) is 72.3 Å². The predicted molar refractivity (Wildman–Crippen MR) is 65.2 cm³/mol. The molecule has 2 aromatic rings. The summed E-state index contributed by atoms with van der Waals surface area (Å²) in [5, 5.41) is 15.2. The first-order valence-corrected chi connectivity index (χ1v) is 5.70. The monoisotopic (exact) mass is 298 g/mol. The van der Waals surface area contributed by atoms with Gasteiger partial charge in [-0.15, -0.1) is 10.2 Å². The van der Waals surface area contributed by atoms with Crippen LogP contribution < -0.4 is 4.74 Å². The second-order valence-corrected chi connectivity index (χ2v) is 4.14. The van der Waals surface area contributed by atoms with Gasteiger partial charge in [0.15, 0.2) is 5.69 Å². The Hall–Kier alpha value is -2.64. The summed E-state index contributed by atoms with van der Waals surface area (Å²) in [4.78, 5) is 10.9. The van der Waals surface area contributed by atoms with Crippen molar-refractivity contribution in [3.8, 4) is 11.6 Å². The number of nitrogens with zero attached hydrogens (tertiary/aromatic N) is 2. The molecule has 1 heterocycles. The summed E-state index contributed by atoms with van der Waals surface area (Å²) in [5.41, 5.74) is -0.548. The molecule has 0 fully saturated rings. The summed E-state index contributed by atoms with van der Waals surface area (Å²) in [6.07, 6.45) is -4.56. The number of hydrogen-bond acceptors (Lipinski definition) is 4. The highest BCUT2D eigenvalue weighted by Crippen LogP contribution is 2.28. The third kappa shape index (κ3) is 3.47. The molecular formula is C13H9F3N2O3. The predicted octanol–water partition coefficient (Wildman–Crippen LogP) is 3.29. The van der Waals surface area contributed by atoms with Crippen LogP contribution >= 0.6 is 0 Å². The van der Waals surface area contributed by atoms with Gasteiger partial charge in [-0.3, -0.25) is 0 Å². The number of carbonyl (C=O) groups is 1. The lowest BCUT2D eigenvalue weighted by Gasteiger charge is -2.08. The van der Waals surface area contributed by atoms with Crippen molar-refractivity contribution in [1.82, 2.24) is 10.2 Å². The van der Waals surface area contributed by atoms with Gasteiger partial charge in [0.05, 0.1) is 5.56 Å². The van der Waals surface area contributed by atoms with Crippen molar-refractivity contribution in [3.05, 3.63) is 47.2 Å². The first-order chi connectivity index (χ1) is 9.77. The Morgan fingerprint density at radius 3 is 2.38 bits per heavy atom. The standard InChI is InChI=1S/C13H9F3N2O3/c1-7-6-8(2-3-9(7)12(19)20)21-11-5-4-10(17-18-11)13(14,15)16/h2-6H,1H3,(H,19,20). The van der Waals surface area contributed by atoms with Crippen LogP contribution in [-0.2, 0) is 6.18 Å². The number of halogens is 3. The van der Waals surface area contributed by atoms with E-state index < -0.39 is 17.8 Å². The van der Waals surface area contributed by atoms with E-state index in [-0.39, 0.29) is 17.2 Å². The highest BCUT2D eigenvalue weighted by molar-refractivity contribution is 5.89. The summed E-state index contributed by atoms with van der Waals surface area (Å²) in [6, 6.07) is 5.96. The molecule has 21 heavy (non-hydrogen) atoms. The molecule has 110 valence electrons. The van der Waals surface area contributed by atoms with Gasteiger partial charge in [-0.25, -0.2) is 4.79 Å². The maximum absolute atomic E-state index is 12.3. The Morgan fingerprint density at radius 1 is 1.19 bits per heavy atom. The van der Waals surface area contributed by atoms with Gasteiger partial charge in [0, 0.05) is 6.07 Å². The summed E-state index contributed by atoms with van der Waals surface area (Å²) < 4.78 is 42.2. The molecule has 0 saturated carbocycles. The Bertz CT molecular complexity index is 669. The molecule has 0 saturated heterocycles. The number of aromatic nitrogens is 2. The van der Waals surface area contributed by atoms with Crippen molar-refractivity contribution in [3.63, 3.8) is 0 Å². The molecule has 0 aliphatic carbocycles. The van der Waals surface area contributed by atoms with Gasteiger partial charge in [-0.1, -0.05) is 0 Å². The van der Waals surface area contributed by atoms with Gasteiger partial charge >= 0.3 is 12.1 Å². The number of alkyl halides is 3. The highest BCUT2D eigenvalue weighted by atomic mass is 19.4. The van der Waals surface area contributed by atoms with E-state index in [9.17, 15) is 18.0 Å². The largest absolute Gasteiger partial charge is 0.478 e. The lowest BCUT2D eigenvalue weighted by atomic mass is 10.1. The van der Waals surface area contributed by atoms with Crippen LogP contribution in [-0.4, -0.2) is 21.3 Å². The van der Waals surface area contributed by atoms with E-state index in [0.29, 0.717) is 5.56 Å². The minimum Gasteiger partial charge on any atom is -0.478 e. The fourth-order valence-electron chi connectivity index (χ4n) is 1.59. The molecule has 0 unspecified atom stereocenters. The third-order valence-electron chi connectivity index (χ3n) is 2.58. The van der Waals surface area contributed by atoms with Crippen LogP contribution in [0.2, 0.25) is 0 Å². The van der Waals surface area contributed by atoms with Crippen LogP contribution in [0.5, 0.6) is 11.6 Å². The van der Waals surface area contributed by atoms with Gasteiger partial charge in [0.1, 0.15) is 5.75 Å². The van der Waals surface area contributed by atoms with Gasteiger partial charge in [0.25, 0.3) is 0 Å². The first-order valence-electron chi connectivity index (χ1n) is 5.70. The number of aromatic carboxylic acids is 1. The average molecular weight is 298 g/mol. The molecule has 0 aliphatic rings. The fraction of sp³-hybridized carbons (Fsp3) is 0.154. The Kier molecular flexibility index (Phi) is 3.79. The van der Waals surface area contributed by atoms with Crippen molar-refractivity contribution in [2.45, 2.75) is 13.1 Å². The number of carboxylic acid groups (broad SMARTS) is 1. The number of ether oxygens (including phenoxy) is 1. The lowest BCUT2D eigenvalue weighted by Crippen LogP contribution is -2.08. The summed E-state index contributed by atoms with van der Waals surface area (Å²) in [5.74, 6) is -0.939. The number of carboxylic acids is 1. The zero-order chi connectivity index (χ0) is 15.6. The minimum absolute atomic E-state index is 0.112. The normalized spacial score (nSPS) is 11.2. The van der Waals surface area contributed by atoms with Crippen molar-refractivity contribution >= 4 is 5.97 Å². The molecule has 5 nitrogen and oxygen atoms in total. The van der Waals surface area contributed by atoms with E-state index in [1.165, 1.54) is 18.2 Å². The maximum atomic E-state index is 12.3. The van der Waals surface area contributed by atoms with E-state index in [1.807, 2.05) is 0 Å². The quantitative estimate of drug-likeness (QED) is 0.941. The summed E-state index contributed by atoms with van der Waals surface area (Å²) in [7, 11) is 0. The van der Waals surface area contributed by atoms with E-state index in [0.717, 1.165) is 12.1 Å². The van der Waals surface area contributed by atoms with Crippen LogP contribution in [0.3, 0.4) is 0 Å². The SMILES string of the molecule is Cc1cc(Oc2ccc(C(F)(F)F)nn2)ccc1C(=O)O. The van der Waals surface area contributed by atoms with Crippen LogP contribution in [0.25, 0.3) is 0 Å². The molecule has 2 rings (SSSR count). The molecule has 1 aromatic heterocycles. The number of hydrogen-bond donors (Lipinski definition) is 1. The zero-order valence-corrected chi connectivity index (χ0v) is 10.7. The lowest BCUT2D eigenvalue weighted by molar-refractivity contribution is -0.141. The molecule has 0 spiro atoms. The van der Waals surface area contributed by atoms with Gasteiger partial charge in [-0.2, -0.15) is 13.2 Å². The number of rotatable bonds is 3. The molecular weight excluding hydrogens is 289 g/mol. The van der Waals surface area contributed by atoms with E-state index in [4.69, 9.17) is 9.84 Å².